The summed E-state index contributed by atoms with van der Waals surface area (Å²) in [6.07, 6.45) is 2.36. The van der Waals surface area contributed by atoms with Crippen molar-refractivity contribution in [2.24, 2.45) is 0 Å². The highest BCUT2D eigenvalue weighted by atomic mass is 32.1. The summed E-state index contributed by atoms with van der Waals surface area (Å²) in [4.78, 5) is 11.1. The Bertz CT molecular complexity index is 434. The summed E-state index contributed by atoms with van der Waals surface area (Å²) in [5.74, 6) is -0.106. The standard InChI is InChI=1S/C7H7N3O2S/c11-6(12)2-1-5-8-9-7-10(5)3-4-13-7/h3-4H,1-2H2,(H,11,12). The molecule has 0 aliphatic carbocycles. The van der Waals surface area contributed by atoms with E-state index in [9.17, 15) is 4.79 Å². The van der Waals surface area contributed by atoms with Crippen LogP contribution in [0.2, 0.25) is 0 Å². The second kappa shape index (κ2) is 3.14. The molecule has 2 heterocycles. The molecule has 13 heavy (non-hydrogen) atoms. The zero-order valence-corrected chi connectivity index (χ0v) is 7.49. The average Bonchev–Trinajstić information content (AvgIpc) is 2.60. The molecule has 5 nitrogen and oxygen atoms in total. The van der Waals surface area contributed by atoms with Crippen LogP contribution in [0.4, 0.5) is 0 Å². The summed E-state index contributed by atoms with van der Waals surface area (Å²) in [7, 11) is 0. The number of rotatable bonds is 3. The number of carbonyl (C=O) groups is 1. The lowest BCUT2D eigenvalue weighted by Crippen LogP contribution is -2.00. The van der Waals surface area contributed by atoms with Gasteiger partial charge in [-0.15, -0.1) is 21.5 Å². The van der Waals surface area contributed by atoms with Crippen LogP contribution in [0, 0.1) is 0 Å². The van der Waals surface area contributed by atoms with Gasteiger partial charge in [-0.05, 0) is 0 Å². The van der Waals surface area contributed by atoms with Crippen molar-refractivity contribution < 1.29 is 9.90 Å². The van der Waals surface area contributed by atoms with E-state index in [0.717, 1.165) is 4.96 Å². The highest BCUT2D eigenvalue weighted by Gasteiger charge is 2.07. The predicted molar refractivity (Wildman–Crippen MR) is 46.8 cm³/mol. The van der Waals surface area contributed by atoms with Gasteiger partial charge in [0.1, 0.15) is 5.82 Å². The van der Waals surface area contributed by atoms with Crippen molar-refractivity contribution in [3.8, 4) is 0 Å². The number of aryl methyl sites for hydroxylation is 1. The third kappa shape index (κ3) is 1.52. The van der Waals surface area contributed by atoms with Gasteiger partial charge < -0.3 is 5.11 Å². The molecular weight excluding hydrogens is 190 g/mol. The van der Waals surface area contributed by atoms with Crippen LogP contribution in [0.5, 0.6) is 0 Å². The van der Waals surface area contributed by atoms with E-state index < -0.39 is 5.97 Å². The molecule has 0 amide bonds. The van der Waals surface area contributed by atoms with Crippen LogP contribution in [0.3, 0.4) is 0 Å². The number of carboxylic acid groups (broad SMARTS) is 1. The molecule has 0 bridgehead atoms. The number of nitrogens with zero attached hydrogens (tertiary/aromatic N) is 3. The Balaban J connectivity index is 2.23. The van der Waals surface area contributed by atoms with Crippen molar-refractivity contribution in [3.63, 3.8) is 0 Å². The van der Waals surface area contributed by atoms with E-state index in [1.807, 2.05) is 16.0 Å². The summed E-state index contributed by atoms with van der Waals surface area (Å²) in [5, 5.41) is 18.2. The fourth-order valence-electron chi connectivity index (χ4n) is 1.08. The van der Waals surface area contributed by atoms with Gasteiger partial charge in [0.15, 0.2) is 0 Å². The SMILES string of the molecule is O=C(O)CCc1nnc2sccn12. The van der Waals surface area contributed by atoms with E-state index in [0.29, 0.717) is 12.2 Å². The van der Waals surface area contributed by atoms with E-state index in [2.05, 4.69) is 10.2 Å². The van der Waals surface area contributed by atoms with Crippen LogP contribution in [-0.2, 0) is 11.2 Å². The first-order valence-corrected chi connectivity index (χ1v) is 4.64. The Kier molecular flexibility index (Phi) is 1.97. The van der Waals surface area contributed by atoms with Crippen LogP contribution in [-0.4, -0.2) is 25.7 Å². The fraction of sp³-hybridized carbons (Fsp3) is 0.286. The molecular formula is C7H7N3O2S. The molecule has 0 saturated heterocycles. The van der Waals surface area contributed by atoms with Crippen molar-refractivity contribution in [1.82, 2.24) is 14.6 Å². The molecule has 68 valence electrons. The van der Waals surface area contributed by atoms with Crippen molar-refractivity contribution in [2.45, 2.75) is 12.8 Å². The lowest BCUT2D eigenvalue weighted by atomic mass is 10.3. The molecule has 0 aliphatic rings. The zero-order valence-electron chi connectivity index (χ0n) is 6.67. The first-order valence-electron chi connectivity index (χ1n) is 3.76. The highest BCUT2D eigenvalue weighted by molar-refractivity contribution is 7.15. The van der Waals surface area contributed by atoms with Gasteiger partial charge >= 0.3 is 5.97 Å². The lowest BCUT2D eigenvalue weighted by Gasteiger charge is -1.92. The smallest absolute Gasteiger partial charge is 0.303 e. The van der Waals surface area contributed by atoms with Crippen LogP contribution in [0.15, 0.2) is 11.6 Å². The fourth-order valence-corrected chi connectivity index (χ4v) is 1.75. The summed E-state index contributed by atoms with van der Waals surface area (Å²) >= 11 is 1.48. The number of fused-ring (bicyclic) bond motifs is 1. The molecule has 2 aromatic rings. The zero-order chi connectivity index (χ0) is 9.26. The topological polar surface area (TPSA) is 67.5 Å². The van der Waals surface area contributed by atoms with Gasteiger partial charge in [0, 0.05) is 18.0 Å². The summed E-state index contributed by atoms with van der Waals surface area (Å²) in [6, 6.07) is 0. The van der Waals surface area contributed by atoms with E-state index in [1.165, 1.54) is 11.3 Å². The molecule has 1 N–H and O–H groups in total. The Labute approximate surface area is 77.6 Å². The Hall–Kier alpha value is -1.43. The van der Waals surface area contributed by atoms with Crippen molar-refractivity contribution in [3.05, 3.63) is 17.4 Å². The maximum atomic E-state index is 10.3. The van der Waals surface area contributed by atoms with E-state index in [1.54, 1.807) is 0 Å². The maximum absolute atomic E-state index is 10.3. The third-order valence-corrected chi connectivity index (χ3v) is 2.43. The second-order valence-electron chi connectivity index (χ2n) is 2.57. The molecule has 0 radical (unpaired) electrons. The molecule has 0 saturated carbocycles. The number of carboxylic acids is 1. The Morgan fingerprint density at radius 3 is 3.23 bits per heavy atom. The minimum Gasteiger partial charge on any atom is -0.481 e. The molecule has 0 fully saturated rings. The van der Waals surface area contributed by atoms with E-state index in [-0.39, 0.29) is 6.42 Å². The predicted octanol–water partition coefficient (Wildman–Crippen LogP) is 0.808. The number of thiazole rings is 1. The Morgan fingerprint density at radius 2 is 2.46 bits per heavy atom. The van der Waals surface area contributed by atoms with Gasteiger partial charge in [-0.25, -0.2) is 0 Å². The van der Waals surface area contributed by atoms with Gasteiger partial charge in [0.2, 0.25) is 4.96 Å². The molecule has 0 aliphatic heterocycles. The van der Waals surface area contributed by atoms with E-state index >= 15 is 0 Å². The minimum atomic E-state index is -0.813. The molecule has 2 rings (SSSR count). The van der Waals surface area contributed by atoms with Crippen molar-refractivity contribution >= 4 is 22.3 Å². The molecule has 2 aromatic heterocycles. The monoisotopic (exact) mass is 197 g/mol. The van der Waals surface area contributed by atoms with Crippen LogP contribution >= 0.6 is 11.3 Å². The summed E-state index contributed by atoms with van der Waals surface area (Å²) in [6.45, 7) is 0. The average molecular weight is 197 g/mol. The summed E-state index contributed by atoms with van der Waals surface area (Å²) < 4.78 is 1.81. The van der Waals surface area contributed by atoms with Gasteiger partial charge in [-0.1, -0.05) is 0 Å². The van der Waals surface area contributed by atoms with E-state index in [4.69, 9.17) is 5.11 Å². The first-order chi connectivity index (χ1) is 6.27. The quantitative estimate of drug-likeness (QED) is 0.790. The molecule has 0 atom stereocenters. The Morgan fingerprint density at radius 1 is 1.62 bits per heavy atom. The maximum Gasteiger partial charge on any atom is 0.303 e. The normalized spacial score (nSPS) is 10.8. The van der Waals surface area contributed by atoms with Crippen LogP contribution < -0.4 is 0 Å². The molecule has 0 spiro atoms. The lowest BCUT2D eigenvalue weighted by molar-refractivity contribution is -0.137. The molecule has 0 aromatic carbocycles. The second-order valence-corrected chi connectivity index (χ2v) is 3.44. The van der Waals surface area contributed by atoms with Crippen molar-refractivity contribution in [1.29, 1.82) is 0 Å². The van der Waals surface area contributed by atoms with Gasteiger partial charge in [0.25, 0.3) is 0 Å². The van der Waals surface area contributed by atoms with Crippen molar-refractivity contribution in [2.75, 3.05) is 0 Å². The van der Waals surface area contributed by atoms with Crippen LogP contribution in [0.25, 0.3) is 4.96 Å². The molecule has 6 heteroatoms. The molecule has 0 unspecified atom stereocenters. The third-order valence-electron chi connectivity index (χ3n) is 1.68. The number of hydrogen-bond donors (Lipinski definition) is 1. The van der Waals surface area contributed by atoms with Crippen LogP contribution in [0.1, 0.15) is 12.2 Å². The summed E-state index contributed by atoms with van der Waals surface area (Å²) in [5.41, 5.74) is 0. The largest absolute Gasteiger partial charge is 0.481 e. The number of hydrogen-bond acceptors (Lipinski definition) is 4. The van der Waals surface area contributed by atoms with Gasteiger partial charge in [-0.3, -0.25) is 9.20 Å². The highest BCUT2D eigenvalue weighted by Crippen LogP contribution is 2.11. The van der Waals surface area contributed by atoms with Gasteiger partial charge in [-0.2, -0.15) is 0 Å². The van der Waals surface area contributed by atoms with Gasteiger partial charge in [0.05, 0.1) is 6.42 Å². The number of aromatic nitrogens is 3. The first kappa shape index (κ1) is 8.18. The number of aliphatic carboxylic acids is 1. The minimum absolute atomic E-state index is 0.0939.